The topological polar surface area (TPSA) is 0 Å². The minimum absolute atomic E-state index is 1.22. The van der Waals surface area contributed by atoms with Crippen molar-refractivity contribution < 1.29 is 0 Å². The lowest BCUT2D eigenvalue weighted by molar-refractivity contribution is 1.58. The molecule has 0 saturated heterocycles. The second-order valence-electron chi connectivity index (χ2n) is 13.6. The second kappa shape index (κ2) is 10.5. The van der Waals surface area contributed by atoms with E-state index in [2.05, 4.69) is 182 Å². The van der Waals surface area contributed by atoms with Gasteiger partial charge in [-0.25, -0.2) is 0 Å². The predicted octanol–water partition coefficient (Wildman–Crippen LogP) is 14.1. The van der Waals surface area contributed by atoms with Gasteiger partial charge in [-0.3, -0.25) is 0 Å². The van der Waals surface area contributed by atoms with Gasteiger partial charge in [0.1, 0.15) is 0 Å². The van der Waals surface area contributed by atoms with E-state index in [0.717, 1.165) is 0 Å². The normalized spacial score (nSPS) is 12.0. The maximum atomic E-state index is 2.35. The molecule has 1 aliphatic rings. The molecular weight excluding hydrogens is 601 g/mol. The highest BCUT2D eigenvalue weighted by Crippen LogP contribution is 2.49. The maximum absolute atomic E-state index is 2.35. The minimum Gasteiger partial charge on any atom is -0.0616 e. The Hall–Kier alpha value is -6.50. The maximum Gasteiger partial charge on any atom is -0.00201 e. The summed E-state index contributed by atoms with van der Waals surface area (Å²) >= 11 is 0. The van der Waals surface area contributed by atoms with Crippen LogP contribution >= 0.6 is 0 Å². The Labute approximate surface area is 290 Å². The highest BCUT2D eigenvalue weighted by atomic mass is 14.2. The highest BCUT2D eigenvalue weighted by Gasteiger charge is 2.22. The summed E-state index contributed by atoms with van der Waals surface area (Å²) in [5.74, 6) is 0. The van der Waals surface area contributed by atoms with E-state index in [9.17, 15) is 0 Å². The molecule has 0 N–H and O–H groups in total. The largest absolute Gasteiger partial charge is 0.0616 e. The zero-order valence-electron chi connectivity index (χ0n) is 27.3. The van der Waals surface area contributed by atoms with Crippen LogP contribution < -0.4 is 0 Å². The standard InChI is InChI=1S/C50H30/c1-2-17-43-42(16-1)45-19-7-18-44-41(26-27-47(43)50(44)45)39-15-6-13-37(30-39)35-11-4-10-34(28-35)36-12-5-14-38(29-36)40-24-22-33-21-20-31-8-3-9-32-23-25-46(40)49(33)48(31)32/h1-30H. The Kier molecular flexibility index (Phi) is 5.76. The molecule has 230 valence electrons. The summed E-state index contributed by atoms with van der Waals surface area (Å²) in [6.07, 6.45) is 0. The summed E-state index contributed by atoms with van der Waals surface area (Å²) in [5.41, 5.74) is 15.2. The molecule has 0 nitrogen and oxygen atoms in total. The Morgan fingerprint density at radius 1 is 0.200 bits per heavy atom. The van der Waals surface area contributed by atoms with Crippen molar-refractivity contribution in [2.75, 3.05) is 0 Å². The van der Waals surface area contributed by atoms with Crippen LogP contribution in [0.4, 0.5) is 0 Å². The SMILES string of the molecule is c1cc(-c2cccc(-c3ccc4c5c(cccc35)-c3ccccc3-4)c2)cc(-c2cccc(-c3ccc4ccc5cccc6ccc3c4c56)c2)c1. The van der Waals surface area contributed by atoms with Crippen LogP contribution in [-0.4, -0.2) is 0 Å². The first-order valence-corrected chi connectivity index (χ1v) is 17.4. The van der Waals surface area contributed by atoms with Gasteiger partial charge in [0.25, 0.3) is 0 Å². The van der Waals surface area contributed by atoms with Crippen LogP contribution in [0.25, 0.3) is 110 Å². The average Bonchev–Trinajstić information content (AvgIpc) is 3.52. The summed E-state index contributed by atoms with van der Waals surface area (Å²) in [6, 6.07) is 67.5. The van der Waals surface area contributed by atoms with E-state index in [1.165, 1.54) is 110 Å². The Balaban J connectivity index is 0.988. The summed E-state index contributed by atoms with van der Waals surface area (Å²) < 4.78 is 0. The van der Waals surface area contributed by atoms with Crippen molar-refractivity contribution in [1.29, 1.82) is 0 Å². The van der Waals surface area contributed by atoms with Gasteiger partial charge in [-0.05, 0) is 128 Å². The molecule has 0 radical (unpaired) electrons. The number of hydrogen-bond donors (Lipinski definition) is 0. The Morgan fingerprint density at radius 2 is 0.600 bits per heavy atom. The van der Waals surface area contributed by atoms with Crippen molar-refractivity contribution in [3.05, 3.63) is 182 Å². The van der Waals surface area contributed by atoms with E-state index in [-0.39, 0.29) is 0 Å². The van der Waals surface area contributed by atoms with Gasteiger partial charge in [-0.1, -0.05) is 164 Å². The van der Waals surface area contributed by atoms with Crippen molar-refractivity contribution in [2.45, 2.75) is 0 Å². The van der Waals surface area contributed by atoms with Crippen LogP contribution in [0.3, 0.4) is 0 Å². The molecule has 10 aromatic rings. The molecule has 0 atom stereocenters. The third-order valence-corrected chi connectivity index (χ3v) is 11.0. The lowest BCUT2D eigenvalue weighted by atomic mass is 9.89. The van der Waals surface area contributed by atoms with E-state index in [0.29, 0.717) is 0 Å². The lowest BCUT2D eigenvalue weighted by Crippen LogP contribution is -1.88. The first-order valence-electron chi connectivity index (χ1n) is 17.4. The van der Waals surface area contributed by atoms with Gasteiger partial charge in [0, 0.05) is 0 Å². The fourth-order valence-corrected chi connectivity index (χ4v) is 8.66. The van der Waals surface area contributed by atoms with Crippen molar-refractivity contribution in [2.24, 2.45) is 0 Å². The zero-order valence-corrected chi connectivity index (χ0v) is 27.3. The fraction of sp³-hybridized carbons (Fsp3) is 0. The Bertz CT molecular complexity index is 2930. The van der Waals surface area contributed by atoms with Crippen LogP contribution in [0, 0.1) is 0 Å². The lowest BCUT2D eigenvalue weighted by Gasteiger charge is -2.15. The van der Waals surface area contributed by atoms with Gasteiger partial charge < -0.3 is 0 Å². The minimum atomic E-state index is 1.22. The molecule has 0 aliphatic heterocycles. The number of fused-ring (bicyclic) bond motifs is 3. The molecule has 0 bridgehead atoms. The highest BCUT2D eigenvalue weighted by molar-refractivity contribution is 6.25. The molecule has 11 rings (SSSR count). The average molecular weight is 631 g/mol. The van der Waals surface area contributed by atoms with Crippen LogP contribution in [0.5, 0.6) is 0 Å². The van der Waals surface area contributed by atoms with Crippen LogP contribution in [0.1, 0.15) is 0 Å². The van der Waals surface area contributed by atoms with Crippen molar-refractivity contribution >= 4 is 43.1 Å². The molecule has 50 heavy (non-hydrogen) atoms. The number of rotatable bonds is 4. The summed E-state index contributed by atoms with van der Waals surface area (Å²) in [4.78, 5) is 0. The quantitative estimate of drug-likeness (QED) is 0.170. The predicted molar refractivity (Wildman–Crippen MR) is 214 cm³/mol. The van der Waals surface area contributed by atoms with E-state index in [1.54, 1.807) is 0 Å². The molecule has 10 aromatic carbocycles. The smallest absolute Gasteiger partial charge is 0.00201 e. The van der Waals surface area contributed by atoms with Crippen LogP contribution in [0.2, 0.25) is 0 Å². The van der Waals surface area contributed by atoms with Gasteiger partial charge >= 0.3 is 0 Å². The van der Waals surface area contributed by atoms with Crippen molar-refractivity contribution in [1.82, 2.24) is 0 Å². The van der Waals surface area contributed by atoms with E-state index >= 15 is 0 Å². The number of benzene rings is 10. The van der Waals surface area contributed by atoms with E-state index < -0.39 is 0 Å². The molecular formula is C50H30. The second-order valence-corrected chi connectivity index (χ2v) is 13.6. The Morgan fingerprint density at radius 3 is 1.24 bits per heavy atom. The third kappa shape index (κ3) is 4.00. The van der Waals surface area contributed by atoms with Crippen molar-refractivity contribution in [3.63, 3.8) is 0 Å². The van der Waals surface area contributed by atoms with Gasteiger partial charge in [0.15, 0.2) is 0 Å². The molecule has 0 saturated carbocycles. The molecule has 0 aromatic heterocycles. The monoisotopic (exact) mass is 630 g/mol. The third-order valence-electron chi connectivity index (χ3n) is 11.0. The van der Waals surface area contributed by atoms with Crippen LogP contribution in [0.15, 0.2) is 182 Å². The molecule has 0 fully saturated rings. The van der Waals surface area contributed by atoms with Gasteiger partial charge in [-0.15, -0.1) is 0 Å². The summed E-state index contributed by atoms with van der Waals surface area (Å²) in [7, 11) is 0. The first-order chi connectivity index (χ1) is 24.8. The molecule has 1 aliphatic carbocycles. The van der Waals surface area contributed by atoms with Gasteiger partial charge in [0.2, 0.25) is 0 Å². The molecule has 0 spiro atoms. The molecule has 0 amide bonds. The molecule has 0 unspecified atom stereocenters. The zero-order chi connectivity index (χ0) is 32.8. The fourth-order valence-electron chi connectivity index (χ4n) is 8.66. The van der Waals surface area contributed by atoms with Crippen LogP contribution in [-0.2, 0) is 0 Å². The number of hydrogen-bond acceptors (Lipinski definition) is 0. The molecule has 0 heteroatoms. The van der Waals surface area contributed by atoms with Crippen molar-refractivity contribution in [3.8, 4) is 66.8 Å². The van der Waals surface area contributed by atoms with Gasteiger partial charge in [0.05, 0.1) is 0 Å². The van der Waals surface area contributed by atoms with E-state index in [1.807, 2.05) is 0 Å². The van der Waals surface area contributed by atoms with Gasteiger partial charge in [-0.2, -0.15) is 0 Å². The summed E-state index contributed by atoms with van der Waals surface area (Å²) in [6.45, 7) is 0. The summed E-state index contributed by atoms with van der Waals surface area (Å²) in [5, 5.41) is 10.6. The first kappa shape index (κ1) is 27.5. The van der Waals surface area contributed by atoms with E-state index in [4.69, 9.17) is 0 Å². The molecule has 0 heterocycles.